The molecule has 2 aromatic carbocycles. The van der Waals surface area contributed by atoms with Crippen LogP contribution in [0.15, 0.2) is 42.5 Å². The van der Waals surface area contributed by atoms with Crippen molar-refractivity contribution in [1.29, 1.82) is 0 Å². The van der Waals surface area contributed by atoms with E-state index in [4.69, 9.17) is 25.8 Å². The number of carbonyl (C=O) groups is 1. The maximum absolute atomic E-state index is 13.0. The molecule has 1 N–H and O–H groups in total. The van der Waals surface area contributed by atoms with Gasteiger partial charge in [-0.05, 0) is 36.8 Å². The molecule has 168 valence electrons. The van der Waals surface area contributed by atoms with Crippen LogP contribution >= 0.6 is 11.6 Å². The van der Waals surface area contributed by atoms with Crippen molar-refractivity contribution < 1.29 is 27.4 Å². The Labute approximate surface area is 187 Å². The highest BCUT2D eigenvalue weighted by atomic mass is 35.5. The van der Waals surface area contributed by atoms with Crippen molar-refractivity contribution in [3.8, 4) is 17.2 Å². The van der Waals surface area contributed by atoms with E-state index in [1.807, 2.05) is 12.1 Å². The molecule has 0 spiro atoms. The Morgan fingerprint density at radius 1 is 1.29 bits per heavy atom. The molecule has 1 amide bonds. The van der Waals surface area contributed by atoms with Crippen LogP contribution in [0.3, 0.4) is 0 Å². The quantitative estimate of drug-likeness (QED) is 0.640. The number of halogens is 1. The average Bonchev–Trinajstić information content (AvgIpc) is 2.74. The zero-order valence-corrected chi connectivity index (χ0v) is 19.1. The normalized spacial score (nSPS) is 16.3. The van der Waals surface area contributed by atoms with Gasteiger partial charge in [0, 0.05) is 5.02 Å². The van der Waals surface area contributed by atoms with Crippen molar-refractivity contribution in [3.63, 3.8) is 0 Å². The lowest BCUT2D eigenvalue weighted by molar-refractivity contribution is -0.122. The summed E-state index contributed by atoms with van der Waals surface area (Å²) in [5.74, 6) is 1.08. The first-order chi connectivity index (χ1) is 14.7. The van der Waals surface area contributed by atoms with Crippen LogP contribution in [0.1, 0.15) is 13.3 Å². The minimum atomic E-state index is -3.83. The third kappa shape index (κ3) is 5.34. The van der Waals surface area contributed by atoms with Gasteiger partial charge in [0.05, 0.1) is 25.6 Å². The second-order valence-corrected chi connectivity index (χ2v) is 9.34. The highest BCUT2D eigenvalue weighted by molar-refractivity contribution is 7.92. The maximum Gasteiger partial charge on any atom is 0.244 e. The molecule has 0 saturated heterocycles. The summed E-state index contributed by atoms with van der Waals surface area (Å²) < 4.78 is 43.2. The third-order valence-corrected chi connectivity index (χ3v) is 6.18. The lowest BCUT2D eigenvalue weighted by atomic mass is 10.1. The van der Waals surface area contributed by atoms with Gasteiger partial charge in [0.15, 0.2) is 11.5 Å². The summed E-state index contributed by atoms with van der Waals surface area (Å²) >= 11 is 6.09. The Bertz CT molecular complexity index is 1050. The number of para-hydroxylation sites is 2. The minimum Gasteiger partial charge on any atom is -0.495 e. The lowest BCUT2D eigenvalue weighted by Gasteiger charge is -2.32. The monoisotopic (exact) mass is 468 g/mol. The number of anilines is 1. The first kappa shape index (κ1) is 23.0. The van der Waals surface area contributed by atoms with Crippen molar-refractivity contribution in [2.24, 2.45) is 0 Å². The molecule has 0 saturated carbocycles. The van der Waals surface area contributed by atoms with Gasteiger partial charge in [0.2, 0.25) is 15.9 Å². The molecule has 10 heteroatoms. The Kier molecular flexibility index (Phi) is 7.17. The number of sulfonamides is 1. The number of rotatable bonds is 8. The predicted molar refractivity (Wildman–Crippen MR) is 119 cm³/mol. The van der Waals surface area contributed by atoms with Crippen molar-refractivity contribution >= 4 is 33.2 Å². The molecule has 1 aliphatic rings. The fraction of sp³-hybridized carbons (Fsp3) is 0.381. The maximum atomic E-state index is 13.0. The molecule has 0 aromatic heterocycles. The molecule has 1 heterocycles. The number of hydrogen-bond donors (Lipinski definition) is 1. The zero-order chi connectivity index (χ0) is 22.6. The number of carbonyl (C=O) groups excluding carboxylic acids is 1. The summed E-state index contributed by atoms with van der Waals surface area (Å²) in [7, 11) is -2.41. The molecule has 0 fully saturated rings. The molecule has 0 radical (unpaired) electrons. The molecule has 0 bridgehead atoms. The highest BCUT2D eigenvalue weighted by Gasteiger charge is 2.34. The van der Waals surface area contributed by atoms with E-state index in [9.17, 15) is 13.2 Å². The molecule has 0 aliphatic carbocycles. The minimum absolute atomic E-state index is 0.161. The van der Waals surface area contributed by atoms with E-state index < -0.39 is 28.1 Å². The molecule has 1 aliphatic heterocycles. The Morgan fingerprint density at radius 2 is 2.00 bits per heavy atom. The number of hydrogen-bond acceptors (Lipinski definition) is 6. The topological polar surface area (TPSA) is 94.2 Å². The average molecular weight is 469 g/mol. The number of nitrogens with zero attached hydrogens (tertiary/aromatic N) is 1. The van der Waals surface area contributed by atoms with Gasteiger partial charge in [-0.2, -0.15) is 0 Å². The molecule has 2 aromatic rings. The van der Waals surface area contributed by atoms with Crippen molar-refractivity contribution in [3.05, 3.63) is 47.5 Å². The van der Waals surface area contributed by atoms with E-state index >= 15 is 0 Å². The standard InChI is InChI=1S/C21H25ClN2O6S/c1-4-16(24(31(3,26)27)17-11-14(22)9-10-18(17)28-2)21(25)23-12-15-13-29-19-7-5-6-8-20(19)30-15/h5-11,15-16H,4,12-13H2,1-3H3,(H,23,25)/t15-,16+/m1/s1. The summed E-state index contributed by atoms with van der Waals surface area (Å²) in [6.45, 7) is 2.16. The van der Waals surface area contributed by atoms with Crippen LogP contribution in [0.25, 0.3) is 0 Å². The smallest absolute Gasteiger partial charge is 0.244 e. The van der Waals surface area contributed by atoms with Crippen LogP contribution in [-0.2, 0) is 14.8 Å². The van der Waals surface area contributed by atoms with Crippen LogP contribution in [0.2, 0.25) is 5.02 Å². The summed E-state index contributed by atoms with van der Waals surface area (Å²) in [6, 6.07) is 10.9. The summed E-state index contributed by atoms with van der Waals surface area (Å²) in [6.07, 6.45) is 0.876. The highest BCUT2D eigenvalue weighted by Crippen LogP contribution is 2.35. The van der Waals surface area contributed by atoms with Gasteiger partial charge >= 0.3 is 0 Å². The molecule has 3 rings (SSSR count). The number of fused-ring (bicyclic) bond motifs is 1. The number of methoxy groups -OCH3 is 1. The fourth-order valence-electron chi connectivity index (χ4n) is 3.37. The first-order valence-electron chi connectivity index (χ1n) is 9.73. The Balaban J connectivity index is 1.78. The third-order valence-electron chi connectivity index (χ3n) is 4.78. The molecule has 2 atom stereocenters. The Morgan fingerprint density at radius 3 is 2.65 bits per heavy atom. The van der Waals surface area contributed by atoms with Crippen LogP contribution in [0, 0.1) is 0 Å². The molecular formula is C21H25ClN2O6S. The number of amides is 1. The van der Waals surface area contributed by atoms with E-state index in [2.05, 4.69) is 5.32 Å². The van der Waals surface area contributed by atoms with Gasteiger partial charge in [0.1, 0.15) is 24.5 Å². The van der Waals surface area contributed by atoms with Crippen LogP contribution in [0.4, 0.5) is 5.69 Å². The lowest BCUT2D eigenvalue weighted by Crippen LogP contribution is -2.51. The van der Waals surface area contributed by atoms with Crippen LogP contribution in [0.5, 0.6) is 17.2 Å². The van der Waals surface area contributed by atoms with Crippen molar-refractivity contribution in [2.75, 3.05) is 30.8 Å². The summed E-state index contributed by atoms with van der Waals surface area (Å²) in [4.78, 5) is 13.0. The molecule has 0 unspecified atom stereocenters. The van der Waals surface area contributed by atoms with E-state index in [-0.39, 0.29) is 25.3 Å². The SMILES string of the molecule is CC[C@@H](C(=O)NC[C@@H]1COc2ccccc2O1)N(c1cc(Cl)ccc1OC)S(C)(=O)=O. The van der Waals surface area contributed by atoms with Gasteiger partial charge < -0.3 is 19.5 Å². The van der Waals surface area contributed by atoms with Gasteiger partial charge in [0.25, 0.3) is 0 Å². The fourth-order valence-corrected chi connectivity index (χ4v) is 4.74. The van der Waals surface area contributed by atoms with E-state index in [1.165, 1.54) is 13.2 Å². The first-order valence-corrected chi connectivity index (χ1v) is 12.0. The number of benzene rings is 2. The van der Waals surface area contributed by atoms with Gasteiger partial charge in [-0.15, -0.1) is 0 Å². The van der Waals surface area contributed by atoms with E-state index in [0.717, 1.165) is 10.6 Å². The Hall–Kier alpha value is -2.65. The van der Waals surface area contributed by atoms with E-state index in [1.54, 1.807) is 31.2 Å². The molecule has 8 nitrogen and oxygen atoms in total. The van der Waals surface area contributed by atoms with Gasteiger partial charge in [-0.1, -0.05) is 30.7 Å². The summed E-state index contributed by atoms with van der Waals surface area (Å²) in [5, 5.41) is 3.11. The second-order valence-electron chi connectivity index (χ2n) is 7.04. The van der Waals surface area contributed by atoms with Crippen molar-refractivity contribution in [2.45, 2.75) is 25.5 Å². The molecule has 31 heavy (non-hydrogen) atoms. The zero-order valence-electron chi connectivity index (χ0n) is 17.5. The largest absolute Gasteiger partial charge is 0.495 e. The number of ether oxygens (including phenoxy) is 3. The van der Waals surface area contributed by atoms with Crippen LogP contribution in [-0.4, -0.2) is 53.0 Å². The van der Waals surface area contributed by atoms with Gasteiger partial charge in [-0.3, -0.25) is 9.10 Å². The number of nitrogens with one attached hydrogen (secondary N) is 1. The predicted octanol–water partition coefficient (Wildman–Crippen LogP) is 2.85. The van der Waals surface area contributed by atoms with Gasteiger partial charge in [-0.25, -0.2) is 8.42 Å². The van der Waals surface area contributed by atoms with Crippen molar-refractivity contribution in [1.82, 2.24) is 5.32 Å². The van der Waals surface area contributed by atoms with E-state index in [0.29, 0.717) is 22.3 Å². The summed E-state index contributed by atoms with van der Waals surface area (Å²) in [5.41, 5.74) is 0.200. The second kappa shape index (κ2) is 9.65. The molecular weight excluding hydrogens is 444 g/mol. The van der Waals surface area contributed by atoms with Crippen LogP contribution < -0.4 is 23.8 Å².